The third kappa shape index (κ3) is 3.33. The van der Waals surface area contributed by atoms with Crippen molar-refractivity contribution in [1.29, 1.82) is 0 Å². The lowest BCUT2D eigenvalue weighted by Crippen LogP contribution is -2.28. The van der Waals surface area contributed by atoms with Gasteiger partial charge >= 0.3 is 0 Å². The van der Waals surface area contributed by atoms with Crippen LogP contribution in [0, 0.1) is 0 Å². The van der Waals surface area contributed by atoms with E-state index in [-0.39, 0.29) is 5.56 Å². The number of rotatable bonds is 4. The average Bonchev–Trinajstić information content (AvgIpc) is 3.19. The Balaban J connectivity index is 1.80. The third-order valence-electron chi connectivity index (χ3n) is 4.65. The molecule has 2 aromatic carbocycles. The van der Waals surface area contributed by atoms with E-state index in [2.05, 4.69) is 17.0 Å². The van der Waals surface area contributed by atoms with Crippen molar-refractivity contribution in [3.63, 3.8) is 0 Å². The molecule has 0 N–H and O–H groups in total. The van der Waals surface area contributed by atoms with E-state index < -0.39 is 0 Å². The van der Waals surface area contributed by atoms with Crippen LogP contribution >= 0.6 is 0 Å². The topological polar surface area (TPSA) is 38.1 Å². The zero-order valence-electron chi connectivity index (χ0n) is 14.1. The molecule has 0 amide bonds. The lowest BCUT2D eigenvalue weighted by atomic mass is 10.1. The molecule has 1 aliphatic heterocycles. The van der Waals surface area contributed by atoms with Gasteiger partial charge in [-0.15, -0.1) is 0 Å². The summed E-state index contributed by atoms with van der Waals surface area (Å²) in [6.07, 6.45) is 2.34. The van der Waals surface area contributed by atoms with E-state index in [1.807, 2.05) is 48.5 Å². The van der Waals surface area contributed by atoms with Crippen molar-refractivity contribution in [2.75, 3.05) is 18.0 Å². The molecule has 4 rings (SSSR count). The van der Waals surface area contributed by atoms with Gasteiger partial charge in [0.05, 0.1) is 12.2 Å². The number of benzene rings is 2. The van der Waals surface area contributed by atoms with Crippen LogP contribution < -0.4 is 10.5 Å². The normalized spacial score (nSPS) is 14.0. The van der Waals surface area contributed by atoms with Gasteiger partial charge in [-0.2, -0.15) is 5.10 Å². The van der Waals surface area contributed by atoms with E-state index in [0.717, 1.165) is 35.6 Å². The fourth-order valence-electron chi connectivity index (χ4n) is 3.35. The van der Waals surface area contributed by atoms with E-state index in [4.69, 9.17) is 5.10 Å². The predicted octanol–water partition coefficient (Wildman–Crippen LogP) is 3.56. The van der Waals surface area contributed by atoms with Gasteiger partial charge < -0.3 is 4.90 Å². The molecule has 126 valence electrons. The van der Waals surface area contributed by atoms with Crippen molar-refractivity contribution in [2.24, 2.45) is 0 Å². The van der Waals surface area contributed by atoms with Gasteiger partial charge in [0.1, 0.15) is 5.69 Å². The largest absolute Gasteiger partial charge is 0.370 e. The molecule has 3 aromatic rings. The predicted molar refractivity (Wildman–Crippen MR) is 101 cm³/mol. The quantitative estimate of drug-likeness (QED) is 0.734. The minimum absolute atomic E-state index is 0.0505. The molecule has 0 atom stereocenters. The zero-order valence-corrected chi connectivity index (χ0v) is 14.1. The van der Waals surface area contributed by atoms with Gasteiger partial charge in [0.25, 0.3) is 5.56 Å². The summed E-state index contributed by atoms with van der Waals surface area (Å²) in [4.78, 5) is 14.9. The zero-order chi connectivity index (χ0) is 17.1. The van der Waals surface area contributed by atoms with Gasteiger partial charge in [-0.3, -0.25) is 4.79 Å². The van der Waals surface area contributed by atoms with Gasteiger partial charge in [0.15, 0.2) is 0 Å². The van der Waals surface area contributed by atoms with Crippen molar-refractivity contribution < 1.29 is 0 Å². The van der Waals surface area contributed by atoms with E-state index in [1.165, 1.54) is 12.8 Å². The Morgan fingerprint density at radius 1 is 0.880 bits per heavy atom. The van der Waals surface area contributed by atoms with Gasteiger partial charge in [-0.1, -0.05) is 60.7 Å². The van der Waals surface area contributed by atoms with Gasteiger partial charge in [-0.25, -0.2) is 4.68 Å². The molecule has 25 heavy (non-hydrogen) atoms. The van der Waals surface area contributed by atoms with Crippen LogP contribution in [0.4, 0.5) is 5.69 Å². The molecule has 0 spiro atoms. The van der Waals surface area contributed by atoms with Crippen LogP contribution in [0.15, 0.2) is 71.5 Å². The maximum atomic E-state index is 12.7. The Hall–Kier alpha value is -2.88. The Labute approximate surface area is 147 Å². The second-order valence-electron chi connectivity index (χ2n) is 6.42. The van der Waals surface area contributed by atoms with Gasteiger partial charge in [0.2, 0.25) is 0 Å². The van der Waals surface area contributed by atoms with Crippen LogP contribution in [-0.4, -0.2) is 22.9 Å². The van der Waals surface area contributed by atoms with Crippen LogP contribution in [0.1, 0.15) is 18.4 Å². The van der Waals surface area contributed by atoms with E-state index >= 15 is 0 Å². The first-order valence-electron chi connectivity index (χ1n) is 8.78. The summed E-state index contributed by atoms with van der Waals surface area (Å²) in [7, 11) is 0. The van der Waals surface area contributed by atoms with Crippen molar-refractivity contribution in [2.45, 2.75) is 19.4 Å². The number of anilines is 1. The molecule has 1 saturated heterocycles. The van der Waals surface area contributed by atoms with Crippen LogP contribution in [0.25, 0.3) is 11.3 Å². The standard InChI is InChI=1S/C21H21N3O/c25-20-15-19(23-13-7-8-14-23)21(18-11-5-2-6-12-18)22-24(20)16-17-9-3-1-4-10-17/h1-6,9-12,15H,7-8,13-14,16H2. The Bertz CT molecular complexity index is 897. The molecule has 0 unspecified atom stereocenters. The lowest BCUT2D eigenvalue weighted by molar-refractivity contribution is 0.641. The second-order valence-corrected chi connectivity index (χ2v) is 6.42. The molecule has 0 saturated carbocycles. The Morgan fingerprint density at radius 3 is 2.20 bits per heavy atom. The van der Waals surface area contributed by atoms with Gasteiger partial charge in [-0.05, 0) is 18.4 Å². The second kappa shape index (κ2) is 6.93. The molecule has 1 aromatic heterocycles. The number of hydrogen-bond acceptors (Lipinski definition) is 3. The maximum Gasteiger partial charge on any atom is 0.269 e. The fourth-order valence-corrected chi connectivity index (χ4v) is 3.35. The number of nitrogens with zero attached hydrogens (tertiary/aromatic N) is 3. The van der Waals surface area contributed by atoms with Crippen molar-refractivity contribution in [3.8, 4) is 11.3 Å². The minimum atomic E-state index is -0.0505. The number of hydrogen-bond donors (Lipinski definition) is 0. The van der Waals surface area contributed by atoms with Crippen LogP contribution in [-0.2, 0) is 6.54 Å². The first-order valence-corrected chi connectivity index (χ1v) is 8.78. The van der Waals surface area contributed by atoms with E-state index in [9.17, 15) is 4.79 Å². The minimum Gasteiger partial charge on any atom is -0.370 e. The first kappa shape index (κ1) is 15.6. The highest BCUT2D eigenvalue weighted by Crippen LogP contribution is 2.29. The summed E-state index contributed by atoms with van der Waals surface area (Å²) in [5, 5.41) is 4.74. The highest BCUT2D eigenvalue weighted by molar-refractivity contribution is 5.74. The highest BCUT2D eigenvalue weighted by atomic mass is 16.1. The molecule has 4 heteroatoms. The fraction of sp³-hybridized carbons (Fsp3) is 0.238. The Morgan fingerprint density at radius 2 is 1.52 bits per heavy atom. The lowest BCUT2D eigenvalue weighted by Gasteiger charge is -2.21. The summed E-state index contributed by atoms with van der Waals surface area (Å²) >= 11 is 0. The number of aromatic nitrogens is 2. The molecule has 4 nitrogen and oxygen atoms in total. The van der Waals surface area contributed by atoms with E-state index in [1.54, 1.807) is 10.7 Å². The third-order valence-corrected chi connectivity index (χ3v) is 4.65. The molecule has 1 aliphatic rings. The van der Waals surface area contributed by atoms with E-state index in [0.29, 0.717) is 6.54 Å². The smallest absolute Gasteiger partial charge is 0.269 e. The van der Waals surface area contributed by atoms with Crippen LogP contribution in [0.5, 0.6) is 0 Å². The summed E-state index contributed by atoms with van der Waals surface area (Å²) in [6, 6.07) is 21.9. The van der Waals surface area contributed by atoms with Crippen molar-refractivity contribution >= 4 is 5.69 Å². The first-order chi connectivity index (χ1) is 12.3. The molecular formula is C21H21N3O. The SMILES string of the molecule is O=c1cc(N2CCCC2)c(-c2ccccc2)nn1Cc1ccccc1. The van der Waals surface area contributed by atoms with Crippen molar-refractivity contribution in [1.82, 2.24) is 9.78 Å². The van der Waals surface area contributed by atoms with Crippen LogP contribution in [0.2, 0.25) is 0 Å². The highest BCUT2D eigenvalue weighted by Gasteiger charge is 2.19. The summed E-state index contributed by atoms with van der Waals surface area (Å²) in [5.41, 5.74) is 3.91. The Kier molecular flexibility index (Phi) is 4.34. The van der Waals surface area contributed by atoms with Crippen molar-refractivity contribution in [3.05, 3.63) is 82.6 Å². The van der Waals surface area contributed by atoms with Crippen LogP contribution in [0.3, 0.4) is 0 Å². The summed E-state index contributed by atoms with van der Waals surface area (Å²) in [6.45, 7) is 2.47. The molecule has 2 heterocycles. The van der Waals surface area contributed by atoms with Gasteiger partial charge in [0, 0.05) is 24.7 Å². The molecule has 0 radical (unpaired) electrons. The maximum absolute atomic E-state index is 12.7. The average molecular weight is 331 g/mol. The molecule has 0 bridgehead atoms. The summed E-state index contributed by atoms with van der Waals surface area (Å²) < 4.78 is 1.57. The monoisotopic (exact) mass is 331 g/mol. The molecule has 1 fully saturated rings. The summed E-state index contributed by atoms with van der Waals surface area (Å²) in [5.74, 6) is 0. The molecular weight excluding hydrogens is 310 g/mol. The molecule has 0 aliphatic carbocycles.